The van der Waals surface area contributed by atoms with Crippen LogP contribution in [0.3, 0.4) is 0 Å². The van der Waals surface area contributed by atoms with Gasteiger partial charge in [-0.05, 0) is 26.7 Å². The summed E-state index contributed by atoms with van der Waals surface area (Å²) in [6, 6.07) is 1.04. The van der Waals surface area contributed by atoms with Crippen molar-refractivity contribution in [2.24, 2.45) is 5.41 Å². The molecule has 1 spiro atoms. The molecule has 2 fully saturated rings. The summed E-state index contributed by atoms with van der Waals surface area (Å²) in [6.07, 6.45) is 9.90. The molecule has 1 aliphatic carbocycles. The summed E-state index contributed by atoms with van der Waals surface area (Å²) >= 11 is 0. The number of aromatic nitrogens is 2. The Hall–Kier alpha value is -0.830. The molecule has 1 saturated carbocycles. The fraction of sp³-hybridized carbons (Fsp3) is 0.769. The third kappa shape index (κ3) is 1.41. The Kier molecular flexibility index (Phi) is 2.32. The lowest BCUT2D eigenvalue weighted by Gasteiger charge is -2.48. The quantitative estimate of drug-likeness (QED) is 0.828. The molecule has 3 nitrogen and oxygen atoms in total. The van der Waals surface area contributed by atoms with Gasteiger partial charge < -0.3 is 5.32 Å². The standard InChI is InChI=1S/C13H21N3/c1-10(2)16-8-11(7-15-16)12-13(9-14-12)5-3-4-6-13/h7-8,10,12,14H,3-6,9H2,1-2H3. The summed E-state index contributed by atoms with van der Waals surface area (Å²) < 4.78 is 2.07. The lowest BCUT2D eigenvalue weighted by Crippen LogP contribution is -2.54. The van der Waals surface area contributed by atoms with Gasteiger partial charge in [-0.2, -0.15) is 5.10 Å². The Balaban J connectivity index is 1.81. The topological polar surface area (TPSA) is 29.9 Å². The Morgan fingerprint density at radius 2 is 2.19 bits per heavy atom. The maximum Gasteiger partial charge on any atom is 0.0537 e. The van der Waals surface area contributed by atoms with Crippen molar-refractivity contribution in [2.75, 3.05) is 6.54 Å². The molecule has 1 unspecified atom stereocenters. The van der Waals surface area contributed by atoms with Gasteiger partial charge in [-0.25, -0.2) is 0 Å². The average Bonchev–Trinajstić information content (AvgIpc) is 2.85. The van der Waals surface area contributed by atoms with Crippen LogP contribution in [0, 0.1) is 5.41 Å². The fourth-order valence-corrected chi connectivity index (χ4v) is 3.29. The molecule has 0 bridgehead atoms. The first-order valence-corrected chi connectivity index (χ1v) is 6.49. The smallest absolute Gasteiger partial charge is 0.0537 e. The van der Waals surface area contributed by atoms with Gasteiger partial charge in [-0.15, -0.1) is 0 Å². The number of rotatable bonds is 2. The normalized spacial score (nSPS) is 27.6. The molecule has 3 rings (SSSR count). The van der Waals surface area contributed by atoms with E-state index in [9.17, 15) is 0 Å². The van der Waals surface area contributed by atoms with Gasteiger partial charge in [0.05, 0.1) is 6.20 Å². The van der Waals surface area contributed by atoms with Gasteiger partial charge in [0.1, 0.15) is 0 Å². The van der Waals surface area contributed by atoms with E-state index in [1.54, 1.807) is 0 Å². The first-order valence-electron chi connectivity index (χ1n) is 6.49. The number of nitrogens with zero attached hydrogens (tertiary/aromatic N) is 2. The maximum atomic E-state index is 4.45. The van der Waals surface area contributed by atoms with Crippen LogP contribution >= 0.6 is 0 Å². The summed E-state index contributed by atoms with van der Waals surface area (Å²) in [5, 5.41) is 8.04. The largest absolute Gasteiger partial charge is 0.309 e. The van der Waals surface area contributed by atoms with Gasteiger partial charge in [0.15, 0.2) is 0 Å². The van der Waals surface area contributed by atoms with Crippen molar-refractivity contribution >= 4 is 0 Å². The minimum Gasteiger partial charge on any atom is -0.309 e. The third-order valence-corrected chi connectivity index (χ3v) is 4.35. The molecule has 0 aromatic carbocycles. The van der Waals surface area contributed by atoms with Gasteiger partial charge >= 0.3 is 0 Å². The molecule has 0 radical (unpaired) electrons. The Bertz CT molecular complexity index is 374. The molecule has 1 atom stereocenters. The van der Waals surface area contributed by atoms with E-state index >= 15 is 0 Å². The monoisotopic (exact) mass is 219 g/mol. The van der Waals surface area contributed by atoms with Crippen LogP contribution in [0.1, 0.15) is 57.2 Å². The second-order valence-corrected chi connectivity index (χ2v) is 5.73. The lowest BCUT2D eigenvalue weighted by atomic mass is 9.70. The lowest BCUT2D eigenvalue weighted by molar-refractivity contribution is 0.0893. The van der Waals surface area contributed by atoms with Crippen molar-refractivity contribution < 1.29 is 0 Å². The second-order valence-electron chi connectivity index (χ2n) is 5.73. The van der Waals surface area contributed by atoms with Crippen molar-refractivity contribution in [3.63, 3.8) is 0 Å². The van der Waals surface area contributed by atoms with Crippen molar-refractivity contribution in [1.29, 1.82) is 0 Å². The van der Waals surface area contributed by atoms with Crippen molar-refractivity contribution in [1.82, 2.24) is 15.1 Å². The van der Waals surface area contributed by atoms with Gasteiger partial charge in [0.2, 0.25) is 0 Å². The van der Waals surface area contributed by atoms with Gasteiger partial charge in [0.25, 0.3) is 0 Å². The molecule has 88 valence electrons. The average molecular weight is 219 g/mol. The minimum absolute atomic E-state index is 0.466. The Labute approximate surface area is 97.2 Å². The van der Waals surface area contributed by atoms with E-state index in [2.05, 4.69) is 41.3 Å². The minimum atomic E-state index is 0.466. The highest BCUT2D eigenvalue weighted by atomic mass is 15.3. The number of hydrogen-bond acceptors (Lipinski definition) is 2. The summed E-state index contributed by atoms with van der Waals surface area (Å²) in [4.78, 5) is 0. The van der Waals surface area contributed by atoms with Crippen LogP contribution in [0.2, 0.25) is 0 Å². The Morgan fingerprint density at radius 1 is 1.44 bits per heavy atom. The molecular weight excluding hydrogens is 198 g/mol. The summed E-state index contributed by atoms with van der Waals surface area (Å²) in [7, 11) is 0. The van der Waals surface area contributed by atoms with Crippen LogP contribution in [0.15, 0.2) is 12.4 Å². The molecule has 1 aromatic heterocycles. The fourth-order valence-electron chi connectivity index (χ4n) is 3.29. The highest BCUT2D eigenvalue weighted by Crippen LogP contribution is 2.52. The number of hydrogen-bond donors (Lipinski definition) is 1. The van der Waals surface area contributed by atoms with Crippen LogP contribution in [0.4, 0.5) is 0 Å². The van der Waals surface area contributed by atoms with E-state index in [0.29, 0.717) is 17.5 Å². The predicted molar refractivity (Wildman–Crippen MR) is 64.3 cm³/mol. The van der Waals surface area contributed by atoms with E-state index in [0.717, 1.165) is 0 Å². The molecule has 1 aromatic rings. The van der Waals surface area contributed by atoms with E-state index < -0.39 is 0 Å². The SMILES string of the molecule is CC(C)n1cc(C2NCC23CCCC3)cn1. The molecule has 1 N–H and O–H groups in total. The van der Waals surface area contributed by atoms with Gasteiger partial charge in [-0.1, -0.05) is 12.8 Å². The van der Waals surface area contributed by atoms with Crippen LogP contribution in [0.5, 0.6) is 0 Å². The summed E-state index contributed by atoms with van der Waals surface area (Å²) in [5.41, 5.74) is 1.96. The molecule has 0 amide bonds. The summed E-state index contributed by atoms with van der Waals surface area (Å²) in [6.45, 7) is 5.57. The molecule has 2 heterocycles. The van der Waals surface area contributed by atoms with Crippen molar-refractivity contribution in [2.45, 2.75) is 51.6 Å². The molecule has 3 heteroatoms. The van der Waals surface area contributed by atoms with Crippen LogP contribution in [0.25, 0.3) is 0 Å². The van der Waals surface area contributed by atoms with Gasteiger partial charge in [0, 0.05) is 35.8 Å². The van der Waals surface area contributed by atoms with E-state index in [4.69, 9.17) is 0 Å². The molecule has 16 heavy (non-hydrogen) atoms. The van der Waals surface area contributed by atoms with Crippen molar-refractivity contribution in [3.05, 3.63) is 18.0 Å². The van der Waals surface area contributed by atoms with E-state index in [1.165, 1.54) is 37.8 Å². The van der Waals surface area contributed by atoms with E-state index in [-0.39, 0.29) is 0 Å². The van der Waals surface area contributed by atoms with Crippen LogP contribution in [-0.4, -0.2) is 16.3 Å². The first-order chi connectivity index (χ1) is 7.71. The van der Waals surface area contributed by atoms with Crippen LogP contribution in [-0.2, 0) is 0 Å². The molecule has 2 aliphatic rings. The highest BCUT2D eigenvalue weighted by molar-refractivity contribution is 5.21. The zero-order valence-electron chi connectivity index (χ0n) is 10.2. The summed E-state index contributed by atoms with van der Waals surface area (Å²) in [5.74, 6) is 0. The van der Waals surface area contributed by atoms with E-state index in [1.807, 2.05) is 0 Å². The first kappa shape index (κ1) is 10.3. The Morgan fingerprint density at radius 3 is 2.69 bits per heavy atom. The number of nitrogens with one attached hydrogen (secondary N) is 1. The second kappa shape index (κ2) is 3.59. The van der Waals surface area contributed by atoms with Gasteiger partial charge in [-0.3, -0.25) is 4.68 Å². The zero-order chi connectivity index (χ0) is 11.2. The molecule has 1 saturated heterocycles. The maximum absolute atomic E-state index is 4.45. The predicted octanol–water partition coefficient (Wildman–Crippen LogP) is 2.67. The zero-order valence-corrected chi connectivity index (χ0v) is 10.2. The third-order valence-electron chi connectivity index (χ3n) is 4.35. The molecular formula is C13H21N3. The molecule has 1 aliphatic heterocycles. The van der Waals surface area contributed by atoms with Crippen LogP contribution < -0.4 is 5.32 Å². The van der Waals surface area contributed by atoms with Crippen molar-refractivity contribution in [3.8, 4) is 0 Å². The highest BCUT2D eigenvalue weighted by Gasteiger charge is 2.49.